The van der Waals surface area contributed by atoms with Gasteiger partial charge in [-0.25, -0.2) is 0 Å². The highest BCUT2D eigenvalue weighted by atomic mass is 35.5. The van der Waals surface area contributed by atoms with Gasteiger partial charge in [0, 0.05) is 30.3 Å². The summed E-state index contributed by atoms with van der Waals surface area (Å²) in [6.45, 7) is 0.263. The van der Waals surface area contributed by atoms with E-state index in [1.807, 2.05) is 0 Å². The molecule has 2 amide bonds. The van der Waals surface area contributed by atoms with Gasteiger partial charge in [0.1, 0.15) is 5.69 Å². The Balaban J connectivity index is 1.61. The lowest BCUT2D eigenvalue weighted by atomic mass is 10.1. The summed E-state index contributed by atoms with van der Waals surface area (Å²) in [7, 11) is 1.61. The molecule has 0 saturated heterocycles. The van der Waals surface area contributed by atoms with Crippen LogP contribution in [-0.2, 0) is 17.7 Å². The number of amides is 2. The Hall–Kier alpha value is -2.51. The highest BCUT2D eigenvalue weighted by Gasteiger charge is 2.34. The van der Waals surface area contributed by atoms with Gasteiger partial charge in [-0.05, 0) is 48.0 Å². The van der Waals surface area contributed by atoms with Crippen molar-refractivity contribution >= 4 is 51.9 Å². The van der Waals surface area contributed by atoms with Gasteiger partial charge in [-0.3, -0.25) is 9.59 Å². The number of carbonyl (C=O) groups is 2. The van der Waals surface area contributed by atoms with E-state index in [2.05, 4.69) is 5.32 Å². The number of anilines is 1. The number of nitrogens with one attached hydrogen (secondary N) is 1. The van der Waals surface area contributed by atoms with Crippen LogP contribution in [0.1, 0.15) is 26.3 Å². The molecule has 0 aliphatic carbocycles. The molecule has 0 spiro atoms. The molecule has 0 bridgehead atoms. The largest absolute Gasteiger partial charge is 0.606 e. The van der Waals surface area contributed by atoms with Crippen molar-refractivity contribution in [2.24, 2.45) is 0 Å². The molecule has 152 valence electrons. The second kappa shape index (κ2) is 8.32. The van der Waals surface area contributed by atoms with Gasteiger partial charge in [0.05, 0.1) is 15.6 Å². The van der Waals surface area contributed by atoms with E-state index in [0.717, 1.165) is 5.56 Å². The molecular formula is C22H16Cl2N2O3S. The lowest BCUT2D eigenvalue weighted by Gasteiger charge is -2.17. The Morgan fingerprint density at radius 3 is 2.57 bits per heavy atom. The van der Waals surface area contributed by atoms with E-state index >= 15 is 0 Å². The molecule has 1 unspecified atom stereocenters. The summed E-state index contributed by atoms with van der Waals surface area (Å²) in [6.07, 6.45) is 0. The highest BCUT2D eigenvalue weighted by molar-refractivity contribution is 7.91. The van der Waals surface area contributed by atoms with Crippen LogP contribution in [0.2, 0.25) is 10.0 Å². The third-order valence-corrected chi connectivity index (χ3v) is 7.08. The van der Waals surface area contributed by atoms with Gasteiger partial charge >= 0.3 is 0 Å². The van der Waals surface area contributed by atoms with E-state index in [1.165, 1.54) is 4.90 Å². The number of hydrogen-bond donors (Lipinski definition) is 1. The Morgan fingerprint density at radius 2 is 1.80 bits per heavy atom. The Morgan fingerprint density at radius 1 is 1.03 bits per heavy atom. The monoisotopic (exact) mass is 458 g/mol. The minimum absolute atomic E-state index is 0.263. The van der Waals surface area contributed by atoms with Crippen molar-refractivity contribution < 1.29 is 14.1 Å². The second-order valence-electron chi connectivity index (χ2n) is 6.74. The molecule has 8 heteroatoms. The van der Waals surface area contributed by atoms with E-state index in [-0.39, 0.29) is 18.4 Å². The average Bonchev–Trinajstić information content (AvgIpc) is 2.84. The Kier molecular flexibility index (Phi) is 5.75. The van der Waals surface area contributed by atoms with Crippen LogP contribution in [0.4, 0.5) is 5.69 Å². The van der Waals surface area contributed by atoms with Crippen molar-refractivity contribution in [3.8, 4) is 0 Å². The number of halogens is 2. The summed E-state index contributed by atoms with van der Waals surface area (Å²) in [5.74, 6) is -0.594. The van der Waals surface area contributed by atoms with Crippen LogP contribution in [-0.4, -0.2) is 23.4 Å². The summed E-state index contributed by atoms with van der Waals surface area (Å²) in [6, 6.07) is 16.8. The molecule has 3 aromatic rings. The fraction of sp³-hybridized carbons (Fsp3) is 0.0909. The lowest BCUT2D eigenvalue weighted by molar-refractivity contribution is 0.0948. The molecule has 1 aliphatic rings. The zero-order chi connectivity index (χ0) is 21.4. The van der Waals surface area contributed by atoms with E-state index in [0.29, 0.717) is 36.7 Å². The molecule has 1 heterocycles. The molecule has 0 fully saturated rings. The Bertz CT molecular complexity index is 1170. The smallest absolute Gasteiger partial charge is 0.263 e. The number of benzene rings is 3. The van der Waals surface area contributed by atoms with Crippen LogP contribution in [0, 0.1) is 0 Å². The molecule has 0 aromatic heterocycles. The minimum Gasteiger partial charge on any atom is -0.606 e. The first kappa shape index (κ1) is 20.8. The topological polar surface area (TPSA) is 72.5 Å². The first-order valence-corrected chi connectivity index (χ1v) is 10.9. The van der Waals surface area contributed by atoms with Crippen LogP contribution >= 0.6 is 23.2 Å². The van der Waals surface area contributed by atoms with Gasteiger partial charge in [0.15, 0.2) is 9.79 Å². The maximum absolute atomic E-state index is 13.1. The van der Waals surface area contributed by atoms with Crippen LogP contribution < -0.4 is 10.2 Å². The summed E-state index contributed by atoms with van der Waals surface area (Å²) in [5, 5.41) is 3.68. The summed E-state index contributed by atoms with van der Waals surface area (Å²) in [4.78, 5) is 27.9. The molecule has 1 aliphatic heterocycles. The van der Waals surface area contributed by atoms with Crippen molar-refractivity contribution in [1.82, 2.24) is 5.32 Å². The van der Waals surface area contributed by atoms with Crippen LogP contribution in [0.5, 0.6) is 0 Å². The lowest BCUT2D eigenvalue weighted by Crippen LogP contribution is -2.27. The minimum atomic E-state index is -1.53. The first-order valence-electron chi connectivity index (χ1n) is 9.02. The van der Waals surface area contributed by atoms with Crippen molar-refractivity contribution in [2.45, 2.75) is 16.3 Å². The molecule has 3 aromatic carbocycles. The number of nitrogens with zero attached hydrogens (tertiary/aromatic N) is 1. The SMILES string of the molecule is CN1C(=O)c2ccccc2[S+]([O-])c2ccc(C(=O)NCc3ccc(Cl)c(Cl)c3)cc21. The van der Waals surface area contributed by atoms with E-state index < -0.39 is 11.2 Å². The molecule has 4 rings (SSSR count). The molecular weight excluding hydrogens is 443 g/mol. The van der Waals surface area contributed by atoms with Crippen molar-refractivity contribution in [1.29, 1.82) is 0 Å². The first-order chi connectivity index (χ1) is 14.4. The van der Waals surface area contributed by atoms with Crippen molar-refractivity contribution in [2.75, 3.05) is 11.9 Å². The predicted octanol–water partition coefficient (Wildman–Crippen LogP) is 4.68. The summed E-state index contributed by atoms with van der Waals surface area (Å²) >= 11 is 10.4. The second-order valence-corrected chi connectivity index (χ2v) is 8.97. The third-order valence-electron chi connectivity index (χ3n) is 4.84. The van der Waals surface area contributed by atoms with Crippen molar-refractivity contribution in [3.05, 3.63) is 87.4 Å². The van der Waals surface area contributed by atoms with E-state index in [9.17, 15) is 14.1 Å². The average molecular weight is 459 g/mol. The molecule has 0 saturated carbocycles. The van der Waals surface area contributed by atoms with Crippen LogP contribution in [0.15, 0.2) is 70.5 Å². The maximum atomic E-state index is 13.1. The van der Waals surface area contributed by atoms with Gasteiger partial charge in [-0.15, -0.1) is 0 Å². The predicted molar refractivity (Wildman–Crippen MR) is 118 cm³/mol. The third kappa shape index (κ3) is 3.79. The zero-order valence-corrected chi connectivity index (χ0v) is 18.1. The summed E-state index contributed by atoms with van der Waals surface area (Å²) < 4.78 is 13.1. The van der Waals surface area contributed by atoms with Crippen molar-refractivity contribution in [3.63, 3.8) is 0 Å². The molecule has 30 heavy (non-hydrogen) atoms. The van der Waals surface area contributed by atoms with Gasteiger partial charge in [-0.2, -0.15) is 0 Å². The van der Waals surface area contributed by atoms with Crippen LogP contribution in [0.25, 0.3) is 0 Å². The Labute approximate surface area is 186 Å². The van der Waals surface area contributed by atoms with E-state index in [1.54, 1.807) is 67.7 Å². The maximum Gasteiger partial charge on any atom is 0.263 e. The van der Waals surface area contributed by atoms with Gasteiger partial charge in [0.2, 0.25) is 0 Å². The fourth-order valence-corrected chi connectivity index (χ4v) is 4.92. The molecule has 5 nitrogen and oxygen atoms in total. The van der Waals surface area contributed by atoms with Gasteiger partial charge in [-0.1, -0.05) is 41.4 Å². The zero-order valence-electron chi connectivity index (χ0n) is 15.8. The van der Waals surface area contributed by atoms with E-state index in [4.69, 9.17) is 23.2 Å². The number of hydrogen-bond acceptors (Lipinski definition) is 3. The number of fused-ring (bicyclic) bond motifs is 2. The quantitative estimate of drug-likeness (QED) is 0.579. The van der Waals surface area contributed by atoms with Gasteiger partial charge in [0.25, 0.3) is 11.8 Å². The fourth-order valence-electron chi connectivity index (χ4n) is 3.23. The molecule has 0 radical (unpaired) electrons. The molecule has 1 N–H and O–H groups in total. The molecule has 1 atom stereocenters. The highest BCUT2D eigenvalue weighted by Crippen LogP contribution is 2.36. The van der Waals surface area contributed by atoms with Crippen LogP contribution in [0.3, 0.4) is 0 Å². The van der Waals surface area contributed by atoms with Gasteiger partial charge < -0.3 is 14.8 Å². The normalized spacial score (nSPS) is 15.3. The number of carbonyl (C=O) groups excluding carboxylic acids is 2. The standard InChI is InChI=1S/C22H16Cl2N2O3S/c1-26-18-11-14(21(27)25-12-13-6-8-16(23)17(24)10-13)7-9-20(18)30(29)19-5-3-2-4-15(19)22(26)28/h2-11H,12H2,1H3,(H,25,27). The summed E-state index contributed by atoms with van der Waals surface area (Å²) in [5.41, 5.74) is 1.99. The number of rotatable bonds is 3.